The first-order valence-corrected chi connectivity index (χ1v) is 13.6. The van der Waals surface area contributed by atoms with Crippen LogP contribution in [0, 0.1) is 11.6 Å². The molecule has 0 spiro atoms. The zero-order valence-electron chi connectivity index (χ0n) is 19.5. The first kappa shape index (κ1) is 24.0. The second-order valence-electron chi connectivity index (χ2n) is 9.75. The number of aromatic nitrogens is 1. The first-order valence-electron chi connectivity index (χ1n) is 11.4. The normalized spacial score (nSPS) is 22.1. The van der Waals surface area contributed by atoms with Crippen molar-refractivity contribution in [3.05, 3.63) is 65.0 Å². The minimum atomic E-state index is -2.16. The number of hydrogen-bond acceptors (Lipinski definition) is 3. The molecule has 1 aromatic heterocycles. The Hall–Kier alpha value is -1.63. The monoisotopic (exact) mass is 446 g/mol. The van der Waals surface area contributed by atoms with Crippen molar-refractivity contribution in [2.24, 2.45) is 5.73 Å². The average molecular weight is 447 g/mol. The van der Waals surface area contributed by atoms with Crippen molar-refractivity contribution in [3.8, 4) is 0 Å². The lowest BCUT2D eigenvalue weighted by molar-refractivity contribution is 0.159. The molecule has 3 rings (SSSR count). The van der Waals surface area contributed by atoms with Crippen LogP contribution >= 0.6 is 0 Å². The van der Waals surface area contributed by atoms with Gasteiger partial charge in [-0.1, -0.05) is 59.7 Å². The van der Waals surface area contributed by atoms with Gasteiger partial charge in [0.25, 0.3) is 0 Å². The molecule has 1 aliphatic rings. The lowest BCUT2D eigenvalue weighted by Gasteiger charge is -2.44. The van der Waals surface area contributed by atoms with Crippen molar-refractivity contribution < 1.29 is 13.2 Å². The van der Waals surface area contributed by atoms with E-state index in [0.717, 1.165) is 17.3 Å². The van der Waals surface area contributed by atoms with Crippen LogP contribution in [0.1, 0.15) is 89.3 Å². The van der Waals surface area contributed by atoms with Crippen molar-refractivity contribution in [2.75, 3.05) is 0 Å². The van der Waals surface area contributed by atoms with Crippen LogP contribution in [0.2, 0.25) is 16.6 Å². The molecule has 1 heterocycles. The number of hydrogen-bond donors (Lipinski definition) is 1. The zero-order chi connectivity index (χ0) is 22.9. The smallest absolute Gasteiger partial charge is 0.201 e. The maximum absolute atomic E-state index is 14.7. The average Bonchev–Trinajstić information content (AvgIpc) is 2.84. The van der Waals surface area contributed by atoms with Gasteiger partial charge >= 0.3 is 0 Å². The number of benzene rings is 1. The quantitative estimate of drug-likeness (QED) is 0.378. The summed E-state index contributed by atoms with van der Waals surface area (Å²) in [6, 6.07) is 7.70. The molecule has 3 atom stereocenters. The van der Waals surface area contributed by atoms with Crippen LogP contribution in [0.5, 0.6) is 0 Å². The molecule has 2 aromatic rings. The Labute approximate surface area is 186 Å². The Balaban J connectivity index is 2.06. The van der Waals surface area contributed by atoms with Crippen molar-refractivity contribution in [2.45, 2.75) is 89.1 Å². The molecular weight excluding hydrogens is 410 g/mol. The summed E-state index contributed by atoms with van der Waals surface area (Å²) >= 11 is 0. The predicted octanol–water partition coefficient (Wildman–Crippen LogP) is 7.17. The molecule has 2 unspecified atom stereocenters. The fraction of sp³-hybridized carbons (Fsp3) is 0.560. The molecule has 170 valence electrons. The van der Waals surface area contributed by atoms with Crippen LogP contribution in [0.25, 0.3) is 0 Å². The fourth-order valence-corrected chi connectivity index (χ4v) is 11.3. The summed E-state index contributed by atoms with van der Waals surface area (Å²) in [5.74, 6) is -1.97. The number of fused-ring (bicyclic) bond motifs is 1. The van der Waals surface area contributed by atoms with Crippen LogP contribution in [0.15, 0.2) is 36.5 Å². The van der Waals surface area contributed by atoms with E-state index in [9.17, 15) is 8.78 Å². The van der Waals surface area contributed by atoms with Gasteiger partial charge in [-0.25, -0.2) is 8.78 Å². The number of nitrogens with two attached hydrogens (primary N) is 1. The number of halogens is 2. The molecule has 1 aliphatic carbocycles. The van der Waals surface area contributed by atoms with Crippen LogP contribution < -0.4 is 5.73 Å². The molecule has 1 aromatic carbocycles. The Morgan fingerprint density at radius 2 is 1.55 bits per heavy atom. The highest BCUT2D eigenvalue weighted by atomic mass is 28.4. The van der Waals surface area contributed by atoms with E-state index < -0.39 is 26.0 Å². The summed E-state index contributed by atoms with van der Waals surface area (Å²) in [4.78, 5) is 4.69. The van der Waals surface area contributed by atoms with Gasteiger partial charge in [-0.2, -0.15) is 0 Å². The van der Waals surface area contributed by atoms with E-state index in [1.54, 1.807) is 18.3 Å². The molecular formula is C25H36F2N2OSi. The van der Waals surface area contributed by atoms with Crippen molar-refractivity contribution >= 4 is 8.32 Å². The van der Waals surface area contributed by atoms with Crippen LogP contribution in [-0.4, -0.2) is 13.3 Å². The van der Waals surface area contributed by atoms with E-state index >= 15 is 0 Å². The molecule has 0 fully saturated rings. The lowest BCUT2D eigenvalue weighted by Crippen LogP contribution is -2.48. The molecule has 0 aliphatic heterocycles. The van der Waals surface area contributed by atoms with E-state index in [0.29, 0.717) is 35.0 Å². The van der Waals surface area contributed by atoms with E-state index in [2.05, 4.69) is 41.5 Å². The minimum absolute atomic E-state index is 0.192. The van der Waals surface area contributed by atoms with Gasteiger partial charge in [0.15, 0.2) is 11.6 Å². The second-order valence-corrected chi connectivity index (χ2v) is 15.2. The highest BCUT2D eigenvalue weighted by Gasteiger charge is 2.48. The Kier molecular flexibility index (Phi) is 7.34. The van der Waals surface area contributed by atoms with Gasteiger partial charge in [-0.15, -0.1) is 0 Å². The Bertz CT molecular complexity index is 881. The molecule has 0 radical (unpaired) electrons. The van der Waals surface area contributed by atoms with E-state index in [1.165, 1.54) is 0 Å². The number of nitrogens with zero attached hydrogens (tertiary/aromatic N) is 1. The highest BCUT2D eigenvalue weighted by Crippen LogP contribution is 2.49. The molecule has 0 saturated heterocycles. The molecule has 3 nitrogen and oxygen atoms in total. The summed E-state index contributed by atoms with van der Waals surface area (Å²) in [6.07, 6.45) is 2.87. The fourth-order valence-electron chi connectivity index (χ4n) is 5.77. The summed E-state index contributed by atoms with van der Waals surface area (Å²) in [6.45, 7) is 13.6. The standard InChI is InChI=1S/C25H36F2N2OSi/c1-15(2)31(16(3)4,17(5)6)30-22-13-12-19(18-9-7-11-21(26)23(18)27)24(28)20-10-8-14-29-25(20)22/h7-11,14-17,19,22,24H,12-13,28H2,1-6H3/t19?,22-,24?/m1/s1. The SMILES string of the molecule is CC(C)[Si](O[C@@H]1CCC(c2cccc(F)c2F)C(N)c2cccnc21)(C(C)C)C(C)C. The van der Waals surface area contributed by atoms with Gasteiger partial charge in [0, 0.05) is 18.2 Å². The third-order valence-corrected chi connectivity index (χ3v) is 13.3. The third-order valence-electron chi connectivity index (χ3n) is 7.14. The summed E-state index contributed by atoms with van der Waals surface area (Å²) < 4.78 is 35.8. The lowest BCUT2D eigenvalue weighted by atomic mass is 9.86. The minimum Gasteiger partial charge on any atom is -0.408 e. The molecule has 0 amide bonds. The predicted molar refractivity (Wildman–Crippen MR) is 124 cm³/mol. The maximum Gasteiger partial charge on any atom is 0.201 e. The van der Waals surface area contributed by atoms with E-state index in [-0.39, 0.29) is 12.0 Å². The summed E-state index contributed by atoms with van der Waals surface area (Å²) in [5, 5.41) is 0. The van der Waals surface area contributed by atoms with Crippen molar-refractivity contribution in [3.63, 3.8) is 0 Å². The van der Waals surface area contributed by atoms with Gasteiger partial charge in [-0.05, 0) is 52.7 Å². The van der Waals surface area contributed by atoms with E-state index in [4.69, 9.17) is 15.1 Å². The van der Waals surface area contributed by atoms with Crippen LogP contribution in [0.4, 0.5) is 8.78 Å². The summed E-state index contributed by atoms with van der Waals surface area (Å²) in [5.41, 5.74) is 10.1. The Morgan fingerprint density at radius 3 is 2.16 bits per heavy atom. The second kappa shape index (κ2) is 9.47. The van der Waals surface area contributed by atoms with E-state index in [1.807, 2.05) is 12.1 Å². The van der Waals surface area contributed by atoms with Crippen LogP contribution in [0.3, 0.4) is 0 Å². The Morgan fingerprint density at radius 1 is 0.935 bits per heavy atom. The zero-order valence-corrected chi connectivity index (χ0v) is 20.5. The summed E-state index contributed by atoms with van der Waals surface area (Å²) in [7, 11) is -2.16. The molecule has 31 heavy (non-hydrogen) atoms. The van der Waals surface area contributed by atoms with Gasteiger partial charge < -0.3 is 10.2 Å². The van der Waals surface area contributed by atoms with Crippen molar-refractivity contribution in [1.29, 1.82) is 0 Å². The van der Waals surface area contributed by atoms with Gasteiger partial charge in [0.2, 0.25) is 8.32 Å². The number of rotatable bonds is 6. The largest absolute Gasteiger partial charge is 0.408 e. The van der Waals surface area contributed by atoms with Gasteiger partial charge in [-0.3, -0.25) is 4.98 Å². The number of pyridine rings is 1. The maximum atomic E-state index is 14.7. The van der Waals surface area contributed by atoms with Gasteiger partial charge in [0.05, 0.1) is 11.8 Å². The van der Waals surface area contributed by atoms with Crippen LogP contribution in [-0.2, 0) is 4.43 Å². The van der Waals surface area contributed by atoms with Gasteiger partial charge in [0.1, 0.15) is 0 Å². The highest BCUT2D eigenvalue weighted by molar-refractivity contribution is 6.77. The molecule has 6 heteroatoms. The van der Waals surface area contributed by atoms with Crippen molar-refractivity contribution in [1.82, 2.24) is 4.98 Å². The molecule has 0 saturated carbocycles. The molecule has 0 bridgehead atoms. The molecule has 2 N–H and O–H groups in total. The third kappa shape index (κ3) is 4.35. The first-order chi connectivity index (χ1) is 14.6. The topological polar surface area (TPSA) is 48.1 Å².